The average Bonchev–Trinajstić information content (AvgIpc) is 1.64. The van der Waals surface area contributed by atoms with E-state index in [9.17, 15) is 0 Å². The fourth-order valence-electron chi connectivity index (χ4n) is 13.5. The quantitative estimate of drug-likeness (QED) is 0.127. The fourth-order valence-corrected chi connectivity index (χ4v) is 18.8. The SMILES string of the molecule is O=P(c1ccccc1)(c1ccccc1)c1ccc(-c2ccc(N3c4cc(-c5ccc6c(c5)nc5n6-c6ccccc6-c6ccccc6N5c5ccc(P(=O)(c6ccccc6)c6ccccc6)cc5)ccc4-c4ccccc4-n4c3nc3ccccc34)cc2)cc1. The highest BCUT2D eigenvalue weighted by atomic mass is 31.2. The van der Waals surface area contributed by atoms with Crippen LogP contribution in [-0.2, 0) is 9.13 Å². The lowest BCUT2D eigenvalue weighted by atomic mass is 9.96. The summed E-state index contributed by atoms with van der Waals surface area (Å²) in [5, 5.41) is 4.73. The van der Waals surface area contributed by atoms with Crippen LogP contribution in [0, 0.1) is 0 Å². The normalized spacial score (nSPS) is 12.5. The minimum absolute atomic E-state index is 0.740. The Morgan fingerprint density at radius 3 is 1.10 bits per heavy atom. The predicted octanol–water partition coefficient (Wildman–Crippen LogP) is 17.9. The number of benzene rings is 13. The molecule has 0 aliphatic carbocycles. The Labute approximate surface area is 521 Å². The zero-order valence-corrected chi connectivity index (χ0v) is 50.4. The molecule has 0 saturated carbocycles. The smallest absolute Gasteiger partial charge is 0.220 e. The van der Waals surface area contributed by atoms with Gasteiger partial charge in [0.25, 0.3) is 0 Å². The van der Waals surface area contributed by atoms with Gasteiger partial charge in [-0.3, -0.25) is 18.9 Å². The molecule has 8 nitrogen and oxygen atoms in total. The van der Waals surface area contributed by atoms with Crippen molar-refractivity contribution in [3.8, 4) is 55.9 Å². The number of imidazole rings is 2. The number of nitrogens with zero attached hydrogens (tertiary/aromatic N) is 6. The topological polar surface area (TPSA) is 76.3 Å². The Kier molecular flexibility index (Phi) is 12.6. The van der Waals surface area contributed by atoms with Crippen molar-refractivity contribution in [1.82, 2.24) is 19.1 Å². The lowest BCUT2D eigenvalue weighted by molar-refractivity contribution is 0.591. The third-order valence-electron chi connectivity index (χ3n) is 17.8. The Hall–Kier alpha value is -11.1. The lowest BCUT2D eigenvalue weighted by Crippen LogP contribution is -2.25. The van der Waals surface area contributed by atoms with Crippen molar-refractivity contribution in [2.24, 2.45) is 0 Å². The van der Waals surface area contributed by atoms with Crippen LogP contribution in [0.2, 0.25) is 0 Å². The molecule has 0 unspecified atom stereocenters. The third kappa shape index (κ3) is 8.44. The molecule has 0 atom stereocenters. The van der Waals surface area contributed by atoms with Crippen molar-refractivity contribution in [3.05, 3.63) is 328 Å². The van der Waals surface area contributed by atoms with E-state index in [1.165, 1.54) is 0 Å². The summed E-state index contributed by atoms with van der Waals surface area (Å²) >= 11 is 0. The van der Waals surface area contributed by atoms with E-state index in [2.05, 4.69) is 195 Å². The Bertz CT molecular complexity index is 5280. The maximum absolute atomic E-state index is 15.6. The van der Waals surface area contributed by atoms with E-state index in [0.717, 1.165) is 144 Å². The largest absolute Gasteiger partial charge is 0.309 e. The van der Waals surface area contributed by atoms with Crippen LogP contribution in [0.1, 0.15) is 0 Å². The molecule has 13 aromatic carbocycles. The van der Waals surface area contributed by atoms with Gasteiger partial charge >= 0.3 is 0 Å². The number of para-hydroxylation sites is 5. The maximum atomic E-state index is 15.6. The van der Waals surface area contributed by atoms with Gasteiger partial charge in [0, 0.05) is 65.5 Å². The Morgan fingerprint density at radius 1 is 0.244 bits per heavy atom. The second kappa shape index (κ2) is 21.3. The molecule has 90 heavy (non-hydrogen) atoms. The predicted molar refractivity (Wildman–Crippen MR) is 373 cm³/mol. The molecule has 0 amide bonds. The zero-order chi connectivity index (χ0) is 59.9. The van der Waals surface area contributed by atoms with Crippen molar-refractivity contribution >= 4 is 103 Å². The van der Waals surface area contributed by atoms with E-state index in [0.29, 0.717) is 0 Å². The van der Waals surface area contributed by atoms with Gasteiger partial charge in [-0.25, -0.2) is 9.97 Å². The first-order valence-electron chi connectivity index (χ1n) is 30.2. The van der Waals surface area contributed by atoms with E-state index in [1.807, 2.05) is 152 Å². The average molecular weight is 1190 g/mol. The van der Waals surface area contributed by atoms with Gasteiger partial charge in [0.05, 0.1) is 44.8 Å². The molecule has 0 fully saturated rings. The minimum atomic E-state index is -3.24. The number of hydrogen-bond acceptors (Lipinski definition) is 6. The van der Waals surface area contributed by atoms with Gasteiger partial charge in [0.15, 0.2) is 14.3 Å². The van der Waals surface area contributed by atoms with Crippen LogP contribution < -0.4 is 41.6 Å². The molecule has 15 aromatic rings. The van der Waals surface area contributed by atoms with Crippen molar-refractivity contribution in [3.63, 3.8) is 0 Å². The summed E-state index contributed by atoms with van der Waals surface area (Å²) in [6.07, 6.45) is 0. The van der Waals surface area contributed by atoms with Crippen LogP contribution in [0.15, 0.2) is 328 Å². The summed E-state index contributed by atoms with van der Waals surface area (Å²) < 4.78 is 35.5. The Balaban J connectivity index is 0.789. The van der Waals surface area contributed by atoms with Crippen LogP contribution in [0.25, 0.3) is 77.9 Å². The number of anilines is 6. The van der Waals surface area contributed by atoms with Gasteiger partial charge in [-0.15, -0.1) is 0 Å². The van der Waals surface area contributed by atoms with E-state index in [1.54, 1.807) is 0 Å². The molecule has 2 aliphatic heterocycles. The van der Waals surface area contributed by atoms with E-state index < -0.39 is 14.3 Å². The van der Waals surface area contributed by atoms with Gasteiger partial charge in [0.1, 0.15) is 0 Å². The Morgan fingerprint density at radius 2 is 0.578 bits per heavy atom. The highest BCUT2D eigenvalue weighted by Crippen LogP contribution is 2.52. The van der Waals surface area contributed by atoms with Crippen LogP contribution in [-0.4, -0.2) is 19.1 Å². The van der Waals surface area contributed by atoms with Crippen LogP contribution >= 0.6 is 14.3 Å². The molecule has 426 valence electrons. The van der Waals surface area contributed by atoms with E-state index >= 15 is 9.13 Å². The second-order valence-electron chi connectivity index (χ2n) is 22.8. The highest BCUT2D eigenvalue weighted by Gasteiger charge is 2.35. The van der Waals surface area contributed by atoms with Crippen LogP contribution in [0.4, 0.5) is 34.6 Å². The third-order valence-corrected chi connectivity index (χ3v) is 24.0. The van der Waals surface area contributed by atoms with E-state index in [-0.39, 0.29) is 0 Å². The summed E-state index contributed by atoms with van der Waals surface area (Å²) in [5.74, 6) is 1.52. The van der Waals surface area contributed by atoms with Gasteiger partial charge in [-0.1, -0.05) is 243 Å². The first kappa shape index (κ1) is 53.1. The summed E-state index contributed by atoms with van der Waals surface area (Å²) in [6.45, 7) is 0. The fraction of sp³-hybridized carbons (Fsp3) is 0. The van der Waals surface area contributed by atoms with Crippen molar-refractivity contribution < 1.29 is 9.13 Å². The number of hydrogen-bond donors (Lipinski definition) is 0. The standard InChI is InChI=1S/C80H54N6O2P2/c87-89(61-21-5-1-6-22-61,62-23-7-2-8-24-62)65-47-39-56(40-48-65)55-37-43-59(44-38-55)84-78-54-58(41-51-70(78)69-31-15-19-35-75(69)85-76-36-20-16-32-71(76)81-79(84)85)57-42-52-77-72(53-57)82-80-83(73-33-17-13-29-67(73)68-30-14-18-34-74(68)86(77)80)60-45-49-66(50-46-60)90(88,63-25-9-3-10-26-63)64-27-11-4-12-28-64/h1-54H. The van der Waals surface area contributed by atoms with Gasteiger partial charge in [-0.05, 0) is 107 Å². The number of fused-ring (bicyclic) bond motifs is 14. The molecule has 0 N–H and O–H groups in total. The highest BCUT2D eigenvalue weighted by molar-refractivity contribution is 7.85. The molecule has 0 radical (unpaired) electrons. The molecule has 0 spiro atoms. The van der Waals surface area contributed by atoms with Crippen molar-refractivity contribution in [2.45, 2.75) is 0 Å². The molecule has 2 aliphatic rings. The van der Waals surface area contributed by atoms with Crippen LogP contribution in [0.5, 0.6) is 0 Å². The molecule has 2 aromatic heterocycles. The molecule has 0 saturated heterocycles. The van der Waals surface area contributed by atoms with Gasteiger partial charge < -0.3 is 9.13 Å². The lowest BCUT2D eigenvalue weighted by Gasteiger charge is -2.25. The van der Waals surface area contributed by atoms with Gasteiger partial charge in [-0.2, -0.15) is 0 Å². The maximum Gasteiger partial charge on any atom is 0.220 e. The van der Waals surface area contributed by atoms with Crippen molar-refractivity contribution in [2.75, 3.05) is 9.80 Å². The molecule has 4 heterocycles. The van der Waals surface area contributed by atoms with Gasteiger partial charge in [0.2, 0.25) is 11.9 Å². The monoisotopic (exact) mass is 1190 g/mol. The minimum Gasteiger partial charge on any atom is -0.309 e. The zero-order valence-electron chi connectivity index (χ0n) is 48.6. The molecular formula is C80H54N6O2P2. The summed E-state index contributed by atoms with van der Waals surface area (Å²) in [6, 6.07) is 112. The number of rotatable bonds is 10. The first-order chi connectivity index (χ1) is 44.4. The number of aromatic nitrogens is 4. The molecule has 17 rings (SSSR count). The summed E-state index contributed by atoms with van der Waals surface area (Å²) in [5.41, 5.74) is 18.0. The molecular weight excluding hydrogens is 1140 g/mol. The van der Waals surface area contributed by atoms with Crippen LogP contribution in [0.3, 0.4) is 0 Å². The first-order valence-corrected chi connectivity index (χ1v) is 33.6. The molecule has 10 heteroatoms. The summed E-state index contributed by atoms with van der Waals surface area (Å²) in [4.78, 5) is 15.7. The van der Waals surface area contributed by atoms with Crippen molar-refractivity contribution in [1.29, 1.82) is 0 Å². The molecule has 0 bridgehead atoms. The summed E-state index contributed by atoms with van der Waals surface area (Å²) in [7, 11) is -6.39. The van der Waals surface area contributed by atoms with E-state index in [4.69, 9.17) is 9.97 Å². The second-order valence-corrected chi connectivity index (χ2v) is 28.3.